The molecule has 0 aromatic heterocycles. The van der Waals surface area contributed by atoms with Gasteiger partial charge in [0.25, 0.3) is 0 Å². The van der Waals surface area contributed by atoms with Gasteiger partial charge in [-0.1, -0.05) is 29.8 Å². The van der Waals surface area contributed by atoms with Crippen molar-refractivity contribution in [2.24, 2.45) is 0 Å². The third kappa shape index (κ3) is 3.72. The van der Waals surface area contributed by atoms with Crippen LogP contribution in [0.1, 0.15) is 37.7 Å². The number of hydrogen-bond acceptors (Lipinski definition) is 2. The van der Waals surface area contributed by atoms with Crippen LogP contribution in [0.4, 0.5) is 0 Å². The Labute approximate surface area is 98.4 Å². The van der Waals surface area contributed by atoms with Gasteiger partial charge in [0.2, 0.25) is 0 Å². The quantitative estimate of drug-likeness (QED) is 0.560. The maximum absolute atomic E-state index is 11.7. The molecule has 0 bridgehead atoms. The summed E-state index contributed by atoms with van der Waals surface area (Å²) in [5.41, 5.74) is 1.36. The Bertz CT molecular complexity index is 380. The van der Waals surface area contributed by atoms with Crippen molar-refractivity contribution in [1.82, 2.24) is 0 Å². The first kappa shape index (κ1) is 12.8. The Kier molecular flexibility index (Phi) is 3.79. The normalized spacial score (nSPS) is 13.2. The number of carbonyl (C=O) groups excluding carboxylic acids is 1. The third-order valence-corrected chi connectivity index (χ3v) is 2.06. The zero-order chi connectivity index (χ0) is 12.3. The van der Waals surface area contributed by atoms with Gasteiger partial charge in [0, 0.05) is 5.82 Å². The molecule has 0 aliphatic heterocycles. The van der Waals surface area contributed by atoms with Gasteiger partial charge in [-0.25, -0.2) is 0 Å². The van der Waals surface area contributed by atoms with Crippen LogP contribution < -0.4 is 0 Å². The smallest absolute Gasteiger partial charge is 0.304 e. The molecular formula is C13H17BO2. The van der Waals surface area contributed by atoms with Crippen molar-refractivity contribution in [3.63, 3.8) is 0 Å². The van der Waals surface area contributed by atoms with E-state index in [2.05, 4.69) is 0 Å². The minimum absolute atomic E-state index is 0.391. The van der Waals surface area contributed by atoms with Gasteiger partial charge in [-0.3, -0.25) is 4.79 Å². The molecule has 0 unspecified atom stereocenters. The van der Waals surface area contributed by atoms with Crippen molar-refractivity contribution in [2.45, 2.75) is 39.1 Å². The Morgan fingerprint density at radius 3 is 2.50 bits per heavy atom. The molecule has 2 nitrogen and oxygen atoms in total. The summed E-state index contributed by atoms with van der Waals surface area (Å²) in [6.07, 6.45) is 0. The third-order valence-electron chi connectivity index (χ3n) is 2.06. The molecule has 0 saturated heterocycles. The Balaban J connectivity index is 2.78. The molecule has 0 fully saturated rings. The maximum atomic E-state index is 11.7. The molecule has 0 aliphatic rings. The van der Waals surface area contributed by atoms with Gasteiger partial charge >= 0.3 is 5.97 Å². The highest BCUT2D eigenvalue weighted by Gasteiger charge is 2.22. The second-order valence-electron chi connectivity index (χ2n) is 4.93. The minimum Gasteiger partial charge on any atom is -0.460 e. The minimum atomic E-state index is -0.709. The van der Waals surface area contributed by atoms with Gasteiger partial charge in [-0.2, -0.15) is 0 Å². The van der Waals surface area contributed by atoms with Crippen LogP contribution in [-0.2, 0) is 9.53 Å². The molecule has 0 spiro atoms. The van der Waals surface area contributed by atoms with Gasteiger partial charge in [0.1, 0.15) is 5.60 Å². The zero-order valence-corrected chi connectivity index (χ0v) is 10.3. The zero-order valence-electron chi connectivity index (χ0n) is 10.3. The molecular weight excluding hydrogens is 199 g/mol. The fraction of sp³-hybridized carbons (Fsp3) is 0.462. The number of esters is 1. The first-order valence-corrected chi connectivity index (χ1v) is 5.34. The monoisotopic (exact) mass is 216 g/mol. The number of ether oxygens (including phenoxy) is 1. The molecule has 16 heavy (non-hydrogen) atoms. The van der Waals surface area contributed by atoms with Gasteiger partial charge in [-0.05, 0) is 33.3 Å². The van der Waals surface area contributed by atoms with E-state index >= 15 is 0 Å². The van der Waals surface area contributed by atoms with Crippen LogP contribution in [0.15, 0.2) is 24.3 Å². The molecule has 84 valence electrons. The fourth-order valence-electron chi connectivity index (χ4n) is 1.36. The van der Waals surface area contributed by atoms with E-state index < -0.39 is 17.4 Å². The summed E-state index contributed by atoms with van der Waals surface area (Å²) in [6, 6.07) is 7.58. The molecule has 3 heteroatoms. The Morgan fingerprint density at radius 1 is 1.38 bits per heavy atom. The molecule has 0 N–H and O–H groups in total. The van der Waals surface area contributed by atoms with Crippen molar-refractivity contribution < 1.29 is 9.53 Å². The first-order valence-electron chi connectivity index (χ1n) is 5.34. The van der Waals surface area contributed by atoms with E-state index in [1.165, 1.54) is 0 Å². The lowest BCUT2D eigenvalue weighted by Crippen LogP contribution is -2.28. The molecule has 2 radical (unpaired) electrons. The number of benzene rings is 1. The highest BCUT2D eigenvalue weighted by molar-refractivity contribution is 6.23. The molecule has 1 aromatic carbocycles. The lowest BCUT2D eigenvalue weighted by molar-refractivity contribution is -0.154. The molecule has 1 atom stereocenters. The summed E-state index contributed by atoms with van der Waals surface area (Å²) < 4.78 is 5.23. The molecule has 0 saturated carbocycles. The number of hydrogen-bond donors (Lipinski definition) is 0. The second kappa shape index (κ2) is 4.73. The number of aryl methyl sites for hydroxylation is 1. The van der Waals surface area contributed by atoms with E-state index in [1.807, 2.05) is 52.0 Å². The summed E-state index contributed by atoms with van der Waals surface area (Å²) in [6.45, 7) is 7.45. The van der Waals surface area contributed by atoms with Crippen LogP contribution in [-0.4, -0.2) is 19.4 Å². The van der Waals surface area contributed by atoms with Crippen LogP contribution in [0.5, 0.6) is 0 Å². The second-order valence-corrected chi connectivity index (χ2v) is 4.93. The van der Waals surface area contributed by atoms with E-state index in [-0.39, 0.29) is 0 Å². The maximum Gasteiger partial charge on any atom is 0.304 e. The summed E-state index contributed by atoms with van der Waals surface area (Å²) in [5, 5.41) is 0. The molecule has 1 aromatic rings. The van der Waals surface area contributed by atoms with Crippen molar-refractivity contribution in [2.75, 3.05) is 0 Å². The number of rotatable bonds is 2. The van der Waals surface area contributed by atoms with Gasteiger partial charge in [0.05, 0.1) is 7.85 Å². The number of carbonyl (C=O) groups is 1. The summed E-state index contributed by atoms with van der Waals surface area (Å²) in [5.74, 6) is -1.10. The topological polar surface area (TPSA) is 26.3 Å². The summed E-state index contributed by atoms with van der Waals surface area (Å²) in [7, 11) is 5.84. The molecule has 0 heterocycles. The molecule has 0 aliphatic carbocycles. The lowest BCUT2D eigenvalue weighted by atomic mass is 9.80. The van der Waals surface area contributed by atoms with E-state index in [9.17, 15) is 4.79 Å². The highest BCUT2D eigenvalue weighted by Crippen LogP contribution is 2.18. The standard InChI is InChI=1S/C13H17BO2/c1-9-6-5-7-10(8-9)11(14)12(15)16-13(2,3)4/h5-8,11H,1-4H3/t11-/m1/s1. The van der Waals surface area contributed by atoms with Crippen molar-refractivity contribution >= 4 is 13.8 Å². The fourth-order valence-corrected chi connectivity index (χ4v) is 1.36. The van der Waals surface area contributed by atoms with Gasteiger partial charge in [-0.15, -0.1) is 0 Å². The van der Waals surface area contributed by atoms with Crippen LogP contribution in [0.25, 0.3) is 0 Å². The van der Waals surface area contributed by atoms with Gasteiger partial charge in [0.15, 0.2) is 0 Å². The van der Waals surface area contributed by atoms with Crippen LogP contribution >= 0.6 is 0 Å². The van der Waals surface area contributed by atoms with E-state index in [4.69, 9.17) is 12.6 Å². The van der Waals surface area contributed by atoms with Crippen LogP contribution in [0.3, 0.4) is 0 Å². The SMILES string of the molecule is [B][C@@H](C(=O)OC(C)(C)C)c1cccc(C)c1. The van der Waals surface area contributed by atoms with E-state index in [0.29, 0.717) is 0 Å². The average molecular weight is 216 g/mol. The predicted molar refractivity (Wildman–Crippen MR) is 65.5 cm³/mol. The molecule has 0 amide bonds. The van der Waals surface area contributed by atoms with Crippen molar-refractivity contribution in [3.8, 4) is 0 Å². The summed E-state index contributed by atoms with van der Waals surface area (Å²) >= 11 is 0. The average Bonchev–Trinajstić information content (AvgIpc) is 2.14. The van der Waals surface area contributed by atoms with E-state index in [1.54, 1.807) is 0 Å². The summed E-state index contributed by atoms with van der Waals surface area (Å²) in [4.78, 5) is 11.7. The van der Waals surface area contributed by atoms with Gasteiger partial charge < -0.3 is 4.74 Å². The van der Waals surface area contributed by atoms with E-state index in [0.717, 1.165) is 11.1 Å². The van der Waals surface area contributed by atoms with Crippen LogP contribution in [0.2, 0.25) is 0 Å². The Morgan fingerprint density at radius 2 is 2.00 bits per heavy atom. The highest BCUT2D eigenvalue weighted by atomic mass is 16.6. The first-order chi connectivity index (χ1) is 7.29. The van der Waals surface area contributed by atoms with Crippen molar-refractivity contribution in [1.29, 1.82) is 0 Å². The lowest BCUT2D eigenvalue weighted by Gasteiger charge is -2.22. The Hall–Kier alpha value is -1.25. The predicted octanol–water partition coefficient (Wildman–Crippen LogP) is 2.55. The molecule has 1 rings (SSSR count). The van der Waals surface area contributed by atoms with Crippen molar-refractivity contribution in [3.05, 3.63) is 35.4 Å². The largest absolute Gasteiger partial charge is 0.460 e. The van der Waals surface area contributed by atoms with Crippen LogP contribution in [0, 0.1) is 6.92 Å².